The molecule has 1 atom stereocenters. The van der Waals surface area contributed by atoms with Crippen molar-refractivity contribution < 1.29 is 9.90 Å². The molecule has 3 heteroatoms. The molecule has 0 saturated carbocycles. The summed E-state index contributed by atoms with van der Waals surface area (Å²) in [5.74, 6) is -0.842. The lowest BCUT2D eigenvalue weighted by Gasteiger charge is -1.99. The van der Waals surface area contributed by atoms with Gasteiger partial charge in [-0.15, -0.1) is 0 Å². The summed E-state index contributed by atoms with van der Waals surface area (Å²) < 4.78 is 0. The van der Waals surface area contributed by atoms with E-state index in [-0.39, 0.29) is 0 Å². The Morgan fingerprint density at radius 2 is 1.16 bits per heavy atom. The molecule has 0 aliphatic rings. The van der Waals surface area contributed by atoms with Crippen LogP contribution >= 0.6 is 12.6 Å². The predicted molar refractivity (Wildman–Crippen MR) is 88.2 cm³/mol. The summed E-state index contributed by atoms with van der Waals surface area (Å²) >= 11 is 3.73. The molecule has 0 fully saturated rings. The molecule has 0 aromatic rings. The van der Waals surface area contributed by atoms with Gasteiger partial charge in [0.25, 0.3) is 0 Å². The molecule has 0 spiro atoms. The Bertz CT molecular complexity index is 174. The average molecular weight is 291 g/mol. The topological polar surface area (TPSA) is 37.3 Å². The normalized spacial score (nSPS) is 11.6. The Morgan fingerprint density at radius 1 is 0.842 bits per heavy atom. The largest absolute Gasteiger partial charge is 0.480 e. The van der Waals surface area contributed by atoms with Crippen molar-refractivity contribution >= 4 is 18.6 Å². The number of rotatable bonds is 11. The molecule has 2 nitrogen and oxygen atoms in total. The van der Waals surface area contributed by atoms with Crippen LogP contribution < -0.4 is 0 Å². The van der Waals surface area contributed by atoms with Crippen molar-refractivity contribution in [1.82, 2.24) is 0 Å². The first-order chi connectivity index (χ1) is 9.09. The third kappa shape index (κ3) is 20.3. The van der Waals surface area contributed by atoms with Crippen LogP contribution in [0.25, 0.3) is 0 Å². The van der Waals surface area contributed by atoms with Crippen LogP contribution in [0.2, 0.25) is 0 Å². The molecule has 19 heavy (non-hydrogen) atoms. The molecule has 0 bridgehead atoms. The molecule has 116 valence electrons. The van der Waals surface area contributed by atoms with E-state index in [0.29, 0.717) is 6.42 Å². The molecular weight excluding hydrogens is 256 g/mol. The molecule has 0 aromatic carbocycles. The molecule has 0 rings (SSSR count). The van der Waals surface area contributed by atoms with Crippen LogP contribution in [0, 0.1) is 0 Å². The van der Waals surface area contributed by atoms with E-state index in [1.807, 2.05) is 0 Å². The van der Waals surface area contributed by atoms with Gasteiger partial charge in [-0.05, 0) is 6.42 Å². The first kappa shape index (κ1) is 21.1. The van der Waals surface area contributed by atoms with E-state index in [2.05, 4.69) is 26.5 Å². The SMILES string of the molecule is CCC(S)C(=O)O.CCCCCCCCCCCC. The number of carboxylic acids is 1. The van der Waals surface area contributed by atoms with E-state index in [4.69, 9.17) is 5.11 Å². The van der Waals surface area contributed by atoms with Crippen LogP contribution in [-0.4, -0.2) is 16.3 Å². The van der Waals surface area contributed by atoms with Crippen LogP contribution in [0.5, 0.6) is 0 Å². The van der Waals surface area contributed by atoms with Gasteiger partial charge in [0.2, 0.25) is 0 Å². The van der Waals surface area contributed by atoms with Gasteiger partial charge in [0, 0.05) is 0 Å². The zero-order valence-corrected chi connectivity index (χ0v) is 14.1. The molecule has 0 aliphatic heterocycles. The number of hydrogen-bond acceptors (Lipinski definition) is 2. The van der Waals surface area contributed by atoms with Crippen molar-refractivity contribution in [3.63, 3.8) is 0 Å². The van der Waals surface area contributed by atoms with Gasteiger partial charge in [0.1, 0.15) is 0 Å². The van der Waals surface area contributed by atoms with Crippen LogP contribution in [0.15, 0.2) is 0 Å². The number of aliphatic carboxylic acids is 1. The Hall–Kier alpha value is -0.180. The summed E-state index contributed by atoms with van der Waals surface area (Å²) in [6.45, 7) is 6.34. The van der Waals surface area contributed by atoms with Crippen molar-refractivity contribution in [3.8, 4) is 0 Å². The first-order valence-corrected chi connectivity index (χ1v) is 8.52. The predicted octanol–water partition coefficient (Wildman–Crippen LogP) is 5.71. The van der Waals surface area contributed by atoms with Gasteiger partial charge in [-0.1, -0.05) is 85.0 Å². The van der Waals surface area contributed by atoms with Gasteiger partial charge < -0.3 is 5.11 Å². The minimum atomic E-state index is -0.842. The number of carboxylic acid groups (broad SMARTS) is 1. The van der Waals surface area contributed by atoms with Crippen molar-refractivity contribution in [3.05, 3.63) is 0 Å². The lowest BCUT2D eigenvalue weighted by Crippen LogP contribution is -2.10. The van der Waals surface area contributed by atoms with Gasteiger partial charge in [-0.25, -0.2) is 0 Å². The second-order valence-corrected chi connectivity index (χ2v) is 5.71. The summed E-state index contributed by atoms with van der Waals surface area (Å²) in [4.78, 5) is 9.85. The summed E-state index contributed by atoms with van der Waals surface area (Å²) in [5.41, 5.74) is 0. The molecule has 1 unspecified atom stereocenters. The minimum absolute atomic E-state index is 0.486. The van der Waals surface area contributed by atoms with Crippen LogP contribution in [-0.2, 0) is 4.79 Å². The lowest BCUT2D eigenvalue weighted by atomic mass is 10.1. The highest BCUT2D eigenvalue weighted by atomic mass is 32.1. The quantitative estimate of drug-likeness (QED) is 0.378. The van der Waals surface area contributed by atoms with Crippen molar-refractivity contribution in [2.24, 2.45) is 0 Å². The van der Waals surface area contributed by atoms with E-state index < -0.39 is 11.2 Å². The number of carbonyl (C=O) groups is 1. The highest BCUT2D eigenvalue weighted by Crippen LogP contribution is 2.09. The summed E-state index contributed by atoms with van der Waals surface area (Å²) in [7, 11) is 0. The maximum atomic E-state index is 9.85. The van der Waals surface area contributed by atoms with Crippen molar-refractivity contribution in [1.29, 1.82) is 0 Å². The first-order valence-electron chi connectivity index (χ1n) is 8.00. The fourth-order valence-corrected chi connectivity index (χ4v) is 1.74. The molecule has 0 saturated heterocycles. The van der Waals surface area contributed by atoms with E-state index in [1.165, 1.54) is 64.2 Å². The van der Waals surface area contributed by atoms with Crippen LogP contribution in [0.4, 0.5) is 0 Å². The maximum Gasteiger partial charge on any atom is 0.316 e. The molecule has 0 heterocycles. The molecule has 0 aliphatic carbocycles. The Balaban J connectivity index is 0. The van der Waals surface area contributed by atoms with Gasteiger partial charge in [-0.2, -0.15) is 12.6 Å². The summed E-state index contributed by atoms with van der Waals surface area (Å²) in [6.07, 6.45) is 15.0. The second-order valence-electron chi connectivity index (χ2n) is 5.09. The zero-order chi connectivity index (χ0) is 14.9. The third-order valence-corrected chi connectivity index (χ3v) is 3.71. The Morgan fingerprint density at radius 3 is 1.32 bits per heavy atom. The number of hydrogen-bond donors (Lipinski definition) is 2. The molecule has 1 N–H and O–H groups in total. The van der Waals surface area contributed by atoms with Gasteiger partial charge in [0.05, 0.1) is 5.25 Å². The monoisotopic (exact) mass is 290 g/mol. The molecule has 0 amide bonds. The molecule has 0 radical (unpaired) electrons. The van der Waals surface area contributed by atoms with Crippen molar-refractivity contribution in [2.45, 2.75) is 96.7 Å². The Kier molecular flexibility index (Phi) is 19.8. The highest BCUT2D eigenvalue weighted by molar-refractivity contribution is 7.81. The van der Waals surface area contributed by atoms with Crippen molar-refractivity contribution in [2.75, 3.05) is 0 Å². The number of unbranched alkanes of at least 4 members (excludes halogenated alkanes) is 9. The zero-order valence-electron chi connectivity index (χ0n) is 13.2. The maximum absolute atomic E-state index is 9.85. The Labute approximate surface area is 125 Å². The lowest BCUT2D eigenvalue weighted by molar-refractivity contribution is -0.136. The van der Waals surface area contributed by atoms with Crippen LogP contribution in [0.1, 0.15) is 91.4 Å². The smallest absolute Gasteiger partial charge is 0.316 e. The average Bonchev–Trinajstić information content (AvgIpc) is 2.41. The third-order valence-electron chi connectivity index (χ3n) is 3.13. The van der Waals surface area contributed by atoms with E-state index in [9.17, 15) is 4.79 Å². The van der Waals surface area contributed by atoms with E-state index in [1.54, 1.807) is 6.92 Å². The van der Waals surface area contributed by atoms with Crippen LogP contribution in [0.3, 0.4) is 0 Å². The minimum Gasteiger partial charge on any atom is -0.480 e. The van der Waals surface area contributed by atoms with E-state index in [0.717, 1.165) is 0 Å². The fraction of sp³-hybridized carbons (Fsp3) is 0.938. The van der Waals surface area contributed by atoms with Gasteiger partial charge >= 0.3 is 5.97 Å². The molecule has 0 aromatic heterocycles. The van der Waals surface area contributed by atoms with E-state index >= 15 is 0 Å². The van der Waals surface area contributed by atoms with Gasteiger partial charge in [0.15, 0.2) is 0 Å². The summed E-state index contributed by atoms with van der Waals surface area (Å²) in [5, 5.41) is 7.62. The molecular formula is C16H34O2S. The number of thiol groups is 1. The summed E-state index contributed by atoms with van der Waals surface area (Å²) in [6, 6.07) is 0. The highest BCUT2D eigenvalue weighted by Gasteiger charge is 2.06. The van der Waals surface area contributed by atoms with Gasteiger partial charge in [-0.3, -0.25) is 4.79 Å². The second kappa shape index (κ2) is 17.8. The fourth-order valence-electron chi connectivity index (χ4n) is 1.74. The standard InChI is InChI=1S/C12H26.C4H8O2S/c1-3-5-7-9-11-12-10-8-6-4-2;1-2-3(7)4(5)6/h3-12H2,1-2H3;3,7H,2H2,1H3,(H,5,6).